The first-order valence-corrected chi connectivity index (χ1v) is 6.66. The molecule has 0 aromatic heterocycles. The van der Waals surface area contributed by atoms with Gasteiger partial charge in [0.05, 0.1) is 0 Å². The topological polar surface area (TPSA) is 9.23 Å². The highest BCUT2D eigenvalue weighted by Crippen LogP contribution is 2.01. The third-order valence-electron chi connectivity index (χ3n) is 1.61. The molecule has 0 spiro atoms. The van der Waals surface area contributed by atoms with Crippen LogP contribution in [0.5, 0.6) is 0 Å². The second kappa shape index (κ2) is 10.5. The molecule has 68 valence electrons. The molecule has 0 aromatic carbocycles. The molecule has 0 fully saturated rings. The van der Waals surface area contributed by atoms with Crippen molar-refractivity contribution in [2.45, 2.75) is 38.7 Å². The molecule has 3 heteroatoms. The van der Waals surface area contributed by atoms with Crippen molar-refractivity contribution < 1.29 is 4.43 Å². The Labute approximate surface area is 77.4 Å². The van der Waals surface area contributed by atoms with E-state index >= 15 is 0 Å². The van der Waals surface area contributed by atoms with Crippen LogP contribution in [0.4, 0.5) is 0 Å². The van der Waals surface area contributed by atoms with Gasteiger partial charge >= 0.3 is 0 Å². The molecule has 0 bridgehead atoms. The Morgan fingerprint density at radius 2 is 2.09 bits per heavy atom. The minimum atomic E-state index is -0.212. The largest absolute Gasteiger partial charge is 0.423 e. The third-order valence-corrected chi connectivity index (χ3v) is 3.13. The molecule has 0 aliphatic heterocycles. The van der Waals surface area contributed by atoms with E-state index in [4.69, 9.17) is 16.0 Å². The lowest BCUT2D eigenvalue weighted by Gasteiger charge is -2.00. The molecule has 1 nitrogen and oxygen atoms in total. The first-order valence-electron chi connectivity index (χ1n) is 4.55. The number of hydrogen-bond acceptors (Lipinski definition) is 1. The maximum Gasteiger partial charge on any atom is 0.161 e. The quantitative estimate of drug-likeness (QED) is 0.328. The summed E-state index contributed by atoms with van der Waals surface area (Å²) in [5.74, 6) is 0.655. The van der Waals surface area contributed by atoms with Crippen LogP contribution < -0.4 is 0 Å². The number of halogens is 1. The number of hydrogen-bond donors (Lipinski definition) is 0. The molecule has 0 rings (SSSR count). The van der Waals surface area contributed by atoms with Crippen molar-refractivity contribution in [3.8, 4) is 0 Å². The minimum absolute atomic E-state index is 0.212. The van der Waals surface area contributed by atoms with E-state index in [9.17, 15) is 0 Å². The summed E-state index contributed by atoms with van der Waals surface area (Å²) in [5.41, 5.74) is 0. The van der Waals surface area contributed by atoms with Gasteiger partial charge in [0.25, 0.3) is 0 Å². The van der Waals surface area contributed by atoms with Crippen LogP contribution in [-0.4, -0.2) is 22.3 Å². The van der Waals surface area contributed by atoms with Gasteiger partial charge in [0, 0.05) is 12.5 Å². The van der Waals surface area contributed by atoms with E-state index in [1.54, 1.807) is 0 Å². The van der Waals surface area contributed by atoms with Gasteiger partial charge in [-0.05, 0) is 6.04 Å². The lowest BCUT2D eigenvalue weighted by Crippen LogP contribution is -2.00. The van der Waals surface area contributed by atoms with Gasteiger partial charge in [-0.15, -0.1) is 11.6 Å². The molecule has 0 aromatic rings. The monoisotopic (exact) mass is 194 g/mol. The highest BCUT2D eigenvalue weighted by atomic mass is 35.5. The molecule has 0 N–H and O–H groups in total. The summed E-state index contributed by atoms with van der Waals surface area (Å²) >= 11 is 5.46. The van der Waals surface area contributed by atoms with E-state index in [2.05, 4.69) is 6.92 Å². The molecule has 0 amide bonds. The van der Waals surface area contributed by atoms with Crippen molar-refractivity contribution in [3.05, 3.63) is 0 Å². The van der Waals surface area contributed by atoms with Gasteiger partial charge in [0.1, 0.15) is 0 Å². The Bertz CT molecular complexity index is 63.1. The average molecular weight is 195 g/mol. The van der Waals surface area contributed by atoms with Crippen LogP contribution in [0, 0.1) is 0 Å². The fraction of sp³-hybridized carbons (Fsp3) is 1.00. The van der Waals surface area contributed by atoms with Crippen LogP contribution in [0.3, 0.4) is 0 Å². The molecule has 0 radical (unpaired) electrons. The highest BCUT2D eigenvalue weighted by Gasteiger charge is 1.89. The van der Waals surface area contributed by atoms with Crippen LogP contribution >= 0.6 is 11.6 Å². The van der Waals surface area contributed by atoms with E-state index < -0.39 is 0 Å². The first-order chi connectivity index (χ1) is 5.41. The lowest BCUT2D eigenvalue weighted by molar-refractivity contribution is 0.361. The van der Waals surface area contributed by atoms with Crippen LogP contribution in [0.2, 0.25) is 6.04 Å². The van der Waals surface area contributed by atoms with Crippen molar-refractivity contribution in [1.29, 1.82) is 0 Å². The number of alkyl halides is 1. The molecule has 0 saturated carbocycles. The summed E-state index contributed by atoms with van der Waals surface area (Å²) in [6.07, 6.45) is 5.45. The Morgan fingerprint density at radius 1 is 1.27 bits per heavy atom. The van der Waals surface area contributed by atoms with Gasteiger partial charge in [0.2, 0.25) is 0 Å². The van der Waals surface area contributed by atoms with Gasteiger partial charge in [-0.3, -0.25) is 0 Å². The summed E-state index contributed by atoms with van der Waals surface area (Å²) in [6, 6.07) is 1.33. The average Bonchev–Trinajstić information content (AvgIpc) is 2.03. The standard InChI is InChI=1S/C8H19ClOSi/c1-2-3-4-5-8-11-10-7-6-9/h2-8,11H2,1H3. The summed E-state index contributed by atoms with van der Waals surface area (Å²) in [7, 11) is -0.212. The molecule has 0 saturated heterocycles. The molecular weight excluding hydrogens is 176 g/mol. The Hall–Kier alpha value is 0.467. The van der Waals surface area contributed by atoms with Gasteiger partial charge in [-0.1, -0.05) is 32.6 Å². The SMILES string of the molecule is CCCCCC[SiH2]OCCCl. The molecule has 0 atom stereocenters. The van der Waals surface area contributed by atoms with Crippen LogP contribution in [0.25, 0.3) is 0 Å². The number of rotatable bonds is 8. The maximum atomic E-state index is 5.46. The third kappa shape index (κ3) is 10.5. The van der Waals surface area contributed by atoms with E-state index in [1.807, 2.05) is 0 Å². The zero-order valence-corrected chi connectivity index (χ0v) is 9.61. The smallest absolute Gasteiger partial charge is 0.161 e. The summed E-state index contributed by atoms with van der Waals surface area (Å²) < 4.78 is 5.37. The minimum Gasteiger partial charge on any atom is -0.423 e. The van der Waals surface area contributed by atoms with Gasteiger partial charge in [-0.2, -0.15) is 0 Å². The zero-order chi connectivity index (χ0) is 8.36. The lowest BCUT2D eigenvalue weighted by atomic mass is 10.2. The highest BCUT2D eigenvalue weighted by molar-refractivity contribution is 6.27. The molecule has 11 heavy (non-hydrogen) atoms. The Morgan fingerprint density at radius 3 is 2.73 bits per heavy atom. The van der Waals surface area contributed by atoms with Crippen molar-refractivity contribution in [2.24, 2.45) is 0 Å². The van der Waals surface area contributed by atoms with Crippen LogP contribution in [0.1, 0.15) is 32.6 Å². The van der Waals surface area contributed by atoms with Crippen molar-refractivity contribution in [1.82, 2.24) is 0 Å². The summed E-state index contributed by atoms with van der Waals surface area (Å²) in [6.45, 7) is 3.00. The van der Waals surface area contributed by atoms with E-state index in [0.717, 1.165) is 6.61 Å². The maximum absolute atomic E-state index is 5.46. The predicted molar refractivity (Wildman–Crippen MR) is 54.2 cm³/mol. The van der Waals surface area contributed by atoms with Crippen molar-refractivity contribution >= 4 is 21.4 Å². The molecular formula is C8H19ClOSi. The van der Waals surface area contributed by atoms with Gasteiger partial charge in [0.15, 0.2) is 9.76 Å². The van der Waals surface area contributed by atoms with Gasteiger partial charge < -0.3 is 4.43 Å². The molecule has 0 aliphatic rings. The first kappa shape index (κ1) is 11.5. The Balaban J connectivity index is 2.69. The van der Waals surface area contributed by atoms with E-state index in [-0.39, 0.29) is 9.76 Å². The zero-order valence-electron chi connectivity index (χ0n) is 7.44. The molecule has 0 unspecified atom stereocenters. The van der Waals surface area contributed by atoms with Crippen molar-refractivity contribution in [3.63, 3.8) is 0 Å². The van der Waals surface area contributed by atoms with Crippen molar-refractivity contribution in [2.75, 3.05) is 12.5 Å². The van der Waals surface area contributed by atoms with E-state index in [1.165, 1.54) is 31.7 Å². The molecule has 0 aliphatic carbocycles. The van der Waals surface area contributed by atoms with Crippen LogP contribution in [-0.2, 0) is 4.43 Å². The Kier molecular flexibility index (Phi) is 10.9. The second-order valence-corrected chi connectivity index (χ2v) is 4.62. The second-order valence-electron chi connectivity index (χ2n) is 2.72. The van der Waals surface area contributed by atoms with E-state index in [0.29, 0.717) is 5.88 Å². The summed E-state index contributed by atoms with van der Waals surface area (Å²) in [4.78, 5) is 0. The van der Waals surface area contributed by atoms with Gasteiger partial charge in [-0.25, -0.2) is 0 Å². The predicted octanol–water partition coefficient (Wildman–Crippen LogP) is 2.32. The normalized spacial score (nSPS) is 11.5. The fourth-order valence-electron chi connectivity index (χ4n) is 0.964. The number of unbranched alkanes of at least 4 members (excludes halogenated alkanes) is 3. The van der Waals surface area contributed by atoms with Crippen LogP contribution in [0.15, 0.2) is 0 Å². The fourth-order valence-corrected chi connectivity index (χ4v) is 2.37. The summed E-state index contributed by atoms with van der Waals surface area (Å²) in [5, 5.41) is 0. The molecule has 0 heterocycles.